The summed E-state index contributed by atoms with van der Waals surface area (Å²) in [6.45, 7) is 11.4. The quantitative estimate of drug-likeness (QED) is 0.285. The minimum absolute atomic E-state index is 0.0443. The Kier molecular flexibility index (Phi) is 9.61. The zero-order valence-electron chi connectivity index (χ0n) is 26.7. The van der Waals surface area contributed by atoms with Gasteiger partial charge in [0.15, 0.2) is 6.29 Å². The van der Waals surface area contributed by atoms with Crippen LogP contribution in [0.15, 0.2) is 41.3 Å². The lowest BCUT2D eigenvalue weighted by Gasteiger charge is -2.44. The van der Waals surface area contributed by atoms with Gasteiger partial charge in [0, 0.05) is 59.9 Å². The Balaban J connectivity index is 1.65. The number of hydrogen-bond acceptors (Lipinski definition) is 6. The van der Waals surface area contributed by atoms with Gasteiger partial charge < -0.3 is 25.2 Å². The molecule has 3 N–H and O–H groups in total. The summed E-state index contributed by atoms with van der Waals surface area (Å²) in [6.07, 6.45) is 4.50. The molecule has 2 amide bonds. The van der Waals surface area contributed by atoms with Gasteiger partial charge in [0.1, 0.15) is 5.69 Å². The average molecular weight is 602 g/mol. The molecule has 2 heterocycles. The summed E-state index contributed by atoms with van der Waals surface area (Å²) < 4.78 is 0. The van der Waals surface area contributed by atoms with E-state index in [1.807, 2.05) is 66.8 Å². The van der Waals surface area contributed by atoms with E-state index < -0.39 is 11.6 Å². The summed E-state index contributed by atoms with van der Waals surface area (Å²) >= 11 is 0. The van der Waals surface area contributed by atoms with E-state index in [0.717, 1.165) is 48.2 Å². The highest BCUT2D eigenvalue weighted by atomic mass is 16.4. The van der Waals surface area contributed by atoms with Crippen LogP contribution in [-0.4, -0.2) is 62.9 Å². The summed E-state index contributed by atoms with van der Waals surface area (Å²) in [5.41, 5.74) is 5.14. The van der Waals surface area contributed by atoms with Crippen LogP contribution in [0.2, 0.25) is 0 Å². The van der Waals surface area contributed by atoms with E-state index in [-0.39, 0.29) is 30.1 Å². The standard InChI is InChI=1S/C34H43N5O5/c1-20-16-21(2)37-31(41)28(20)18-36-32(42)30-22(3)29(15-14-27(30)23-8-9-24(19-40)35-17-23)38(7)25-10-12-26(13-11-25)39(33(43)44)34(4,5)6/h8-9,14-17,19,25-26H,10-13,18H2,1-7H3,(H,36,42)(H,37,41)(H,43,44). The van der Waals surface area contributed by atoms with Gasteiger partial charge in [-0.05, 0) is 102 Å². The SMILES string of the molecule is Cc1cc(C)c(CNC(=O)c2c(-c3ccc(C=O)nc3)ccc(N(C)C3CCC(N(C(=O)O)C(C)(C)C)CC3)c2C)c(=O)[nH]1. The number of nitrogens with one attached hydrogen (secondary N) is 2. The summed E-state index contributed by atoms with van der Waals surface area (Å²) in [5.74, 6) is -0.322. The molecule has 1 aliphatic carbocycles. The predicted octanol–water partition coefficient (Wildman–Crippen LogP) is 5.63. The molecule has 1 aromatic carbocycles. The molecule has 0 bridgehead atoms. The van der Waals surface area contributed by atoms with E-state index in [1.165, 1.54) is 0 Å². The third-order valence-corrected chi connectivity index (χ3v) is 8.69. The van der Waals surface area contributed by atoms with Crippen molar-refractivity contribution in [3.05, 3.63) is 80.5 Å². The number of carbonyl (C=O) groups is 3. The zero-order chi connectivity index (χ0) is 32.3. The first-order chi connectivity index (χ1) is 20.7. The Labute approximate surface area is 258 Å². The first-order valence-electron chi connectivity index (χ1n) is 15.0. The number of H-pyrrole nitrogens is 1. The van der Waals surface area contributed by atoms with Crippen molar-refractivity contribution in [3.63, 3.8) is 0 Å². The molecular formula is C34H43N5O5. The number of aldehydes is 1. The molecule has 44 heavy (non-hydrogen) atoms. The van der Waals surface area contributed by atoms with Gasteiger partial charge in [0.25, 0.3) is 11.5 Å². The van der Waals surface area contributed by atoms with Crippen LogP contribution in [0.1, 0.15) is 89.7 Å². The smallest absolute Gasteiger partial charge is 0.407 e. The minimum Gasteiger partial charge on any atom is -0.465 e. The van der Waals surface area contributed by atoms with E-state index in [2.05, 4.69) is 20.2 Å². The largest absolute Gasteiger partial charge is 0.465 e. The fourth-order valence-corrected chi connectivity index (χ4v) is 6.50. The van der Waals surface area contributed by atoms with Crippen molar-refractivity contribution in [1.82, 2.24) is 20.2 Å². The number of carboxylic acid groups (broad SMARTS) is 1. The zero-order valence-corrected chi connectivity index (χ0v) is 26.7. The number of aromatic nitrogens is 2. The third kappa shape index (κ3) is 6.85. The number of hydrogen-bond donors (Lipinski definition) is 3. The molecule has 1 saturated carbocycles. The highest BCUT2D eigenvalue weighted by Crippen LogP contribution is 2.36. The van der Waals surface area contributed by atoms with Gasteiger partial charge in [-0.2, -0.15) is 0 Å². The molecular weight excluding hydrogens is 558 g/mol. The number of nitrogens with zero attached hydrogens (tertiary/aromatic N) is 3. The second kappa shape index (κ2) is 13.0. The summed E-state index contributed by atoms with van der Waals surface area (Å²) in [4.78, 5) is 60.5. The van der Waals surface area contributed by atoms with Gasteiger partial charge >= 0.3 is 6.09 Å². The van der Waals surface area contributed by atoms with Crippen molar-refractivity contribution in [2.75, 3.05) is 11.9 Å². The molecule has 10 heteroatoms. The van der Waals surface area contributed by atoms with Gasteiger partial charge in [-0.1, -0.05) is 12.1 Å². The first kappa shape index (κ1) is 32.4. The molecule has 0 saturated heterocycles. The Morgan fingerprint density at radius 2 is 1.73 bits per heavy atom. The molecule has 0 spiro atoms. The third-order valence-electron chi connectivity index (χ3n) is 8.69. The normalized spacial score (nSPS) is 16.7. The second-order valence-electron chi connectivity index (χ2n) is 12.7. The topological polar surface area (TPSA) is 136 Å². The summed E-state index contributed by atoms with van der Waals surface area (Å²) in [5, 5.41) is 12.8. The number of rotatable bonds is 8. The van der Waals surface area contributed by atoms with Crippen molar-refractivity contribution in [2.45, 2.75) is 91.4 Å². The number of benzene rings is 1. The van der Waals surface area contributed by atoms with Crippen LogP contribution >= 0.6 is 0 Å². The molecule has 0 atom stereocenters. The molecule has 4 rings (SSSR count). The van der Waals surface area contributed by atoms with Crippen LogP contribution in [0.4, 0.5) is 10.5 Å². The fourth-order valence-electron chi connectivity index (χ4n) is 6.50. The van der Waals surface area contributed by atoms with Crippen molar-refractivity contribution in [3.8, 4) is 11.1 Å². The molecule has 0 aliphatic heterocycles. The fraction of sp³-hybridized carbons (Fsp3) is 0.441. The number of pyridine rings is 2. The number of aromatic amines is 1. The van der Waals surface area contributed by atoms with Crippen molar-refractivity contribution in [1.29, 1.82) is 0 Å². The maximum Gasteiger partial charge on any atom is 0.407 e. The van der Waals surface area contributed by atoms with Crippen molar-refractivity contribution >= 4 is 24.0 Å². The highest BCUT2D eigenvalue weighted by Gasteiger charge is 2.36. The van der Waals surface area contributed by atoms with E-state index in [1.54, 1.807) is 23.2 Å². The van der Waals surface area contributed by atoms with Crippen molar-refractivity contribution < 1.29 is 19.5 Å². The van der Waals surface area contributed by atoms with Crippen LogP contribution < -0.4 is 15.8 Å². The average Bonchev–Trinajstić information content (AvgIpc) is 2.95. The Morgan fingerprint density at radius 1 is 1.07 bits per heavy atom. The molecule has 0 radical (unpaired) electrons. The molecule has 1 aliphatic rings. The predicted molar refractivity (Wildman–Crippen MR) is 172 cm³/mol. The number of aryl methyl sites for hydroxylation is 2. The number of amides is 2. The monoisotopic (exact) mass is 601 g/mol. The van der Waals surface area contributed by atoms with Crippen LogP contribution in [0, 0.1) is 20.8 Å². The highest BCUT2D eigenvalue weighted by molar-refractivity contribution is 6.03. The Morgan fingerprint density at radius 3 is 2.27 bits per heavy atom. The van der Waals surface area contributed by atoms with Crippen molar-refractivity contribution in [2.24, 2.45) is 0 Å². The summed E-state index contributed by atoms with van der Waals surface area (Å²) in [7, 11) is 2.02. The molecule has 2 aromatic heterocycles. The maximum absolute atomic E-state index is 13.9. The van der Waals surface area contributed by atoms with E-state index in [9.17, 15) is 24.3 Å². The maximum atomic E-state index is 13.9. The van der Waals surface area contributed by atoms with E-state index >= 15 is 0 Å². The van der Waals surface area contributed by atoms with Crippen LogP contribution in [-0.2, 0) is 6.54 Å². The van der Waals surface area contributed by atoms with Gasteiger partial charge in [-0.15, -0.1) is 0 Å². The second-order valence-corrected chi connectivity index (χ2v) is 12.7. The van der Waals surface area contributed by atoms with Gasteiger partial charge in [-0.25, -0.2) is 4.79 Å². The number of carbonyl (C=O) groups excluding carboxylic acids is 2. The van der Waals surface area contributed by atoms with Gasteiger partial charge in [-0.3, -0.25) is 19.4 Å². The van der Waals surface area contributed by atoms with Crippen LogP contribution in [0.25, 0.3) is 11.1 Å². The lowest BCUT2D eigenvalue weighted by Crippen LogP contribution is -2.53. The molecule has 10 nitrogen and oxygen atoms in total. The van der Waals surface area contributed by atoms with E-state index in [4.69, 9.17) is 0 Å². The lowest BCUT2D eigenvalue weighted by atomic mass is 9.86. The lowest BCUT2D eigenvalue weighted by molar-refractivity contribution is 0.0547. The molecule has 1 fully saturated rings. The summed E-state index contributed by atoms with van der Waals surface area (Å²) in [6, 6.07) is 9.28. The minimum atomic E-state index is -0.894. The van der Waals surface area contributed by atoms with Gasteiger partial charge in [0.2, 0.25) is 0 Å². The van der Waals surface area contributed by atoms with Crippen LogP contribution in [0.3, 0.4) is 0 Å². The number of anilines is 1. The first-order valence-corrected chi connectivity index (χ1v) is 15.0. The van der Waals surface area contributed by atoms with E-state index in [0.29, 0.717) is 34.2 Å². The molecule has 234 valence electrons. The molecule has 3 aromatic rings. The Hall–Kier alpha value is -4.47. The Bertz CT molecular complexity index is 1600. The van der Waals surface area contributed by atoms with Crippen LogP contribution in [0.5, 0.6) is 0 Å². The molecule has 0 unspecified atom stereocenters. The van der Waals surface area contributed by atoms with Gasteiger partial charge in [0.05, 0.1) is 5.56 Å².